The molecule has 3 rings (SSSR count). The van der Waals surface area contributed by atoms with Crippen molar-refractivity contribution in [1.29, 1.82) is 0 Å². The Bertz CT molecular complexity index is 960. The summed E-state index contributed by atoms with van der Waals surface area (Å²) in [6.45, 7) is 3.94. The number of fused-ring (bicyclic) bond motifs is 1. The van der Waals surface area contributed by atoms with Crippen LogP contribution < -0.4 is 14.9 Å². The second kappa shape index (κ2) is 7.17. The molecule has 26 heavy (non-hydrogen) atoms. The summed E-state index contributed by atoms with van der Waals surface area (Å²) in [7, 11) is -3.32. The van der Waals surface area contributed by atoms with Crippen LogP contribution in [0.15, 0.2) is 36.4 Å². The topological polar surface area (TPSA) is 78.5 Å². The Labute approximate surface area is 158 Å². The number of nitrogens with zero attached hydrogens (tertiary/aromatic N) is 1. The van der Waals surface area contributed by atoms with Crippen LogP contribution in [0.25, 0.3) is 0 Å². The second-order valence-electron chi connectivity index (χ2n) is 6.11. The minimum Gasteiger partial charge on any atom is -0.308 e. The SMILES string of the molecule is CCS(=O)(=O)N1CCc2ccc(NC(=O)Nc3ccc(C)c(Cl)c3)cc21. The fourth-order valence-corrected chi connectivity index (χ4v) is 4.17. The van der Waals surface area contributed by atoms with Crippen LogP contribution in [0.1, 0.15) is 18.1 Å². The Morgan fingerprint density at radius 1 is 1.15 bits per heavy atom. The van der Waals surface area contributed by atoms with Crippen LogP contribution in [0.5, 0.6) is 0 Å². The molecule has 8 heteroatoms. The zero-order chi connectivity index (χ0) is 18.9. The Kier molecular flexibility index (Phi) is 5.11. The van der Waals surface area contributed by atoms with Crippen LogP contribution in [0, 0.1) is 6.92 Å². The number of anilines is 3. The first kappa shape index (κ1) is 18.5. The molecule has 2 aromatic carbocycles. The highest BCUT2D eigenvalue weighted by molar-refractivity contribution is 7.92. The van der Waals surface area contributed by atoms with E-state index >= 15 is 0 Å². The summed E-state index contributed by atoms with van der Waals surface area (Å²) in [5.41, 5.74) is 3.61. The van der Waals surface area contributed by atoms with Gasteiger partial charge in [0, 0.05) is 22.9 Å². The molecule has 0 saturated heterocycles. The van der Waals surface area contributed by atoms with E-state index in [-0.39, 0.29) is 5.75 Å². The third-order valence-electron chi connectivity index (χ3n) is 4.33. The van der Waals surface area contributed by atoms with Crippen LogP contribution in [-0.4, -0.2) is 26.7 Å². The van der Waals surface area contributed by atoms with E-state index in [1.165, 1.54) is 4.31 Å². The van der Waals surface area contributed by atoms with Crippen LogP contribution >= 0.6 is 11.6 Å². The zero-order valence-corrected chi connectivity index (χ0v) is 16.1. The van der Waals surface area contributed by atoms with Gasteiger partial charge in [0.15, 0.2) is 0 Å². The molecule has 0 bridgehead atoms. The summed E-state index contributed by atoms with van der Waals surface area (Å²) in [4.78, 5) is 12.2. The molecule has 1 aliphatic heterocycles. The van der Waals surface area contributed by atoms with Gasteiger partial charge in [0.1, 0.15) is 0 Å². The monoisotopic (exact) mass is 393 g/mol. The van der Waals surface area contributed by atoms with Crippen molar-refractivity contribution in [3.63, 3.8) is 0 Å². The maximum Gasteiger partial charge on any atom is 0.323 e. The molecule has 1 aliphatic rings. The highest BCUT2D eigenvalue weighted by atomic mass is 35.5. The van der Waals surface area contributed by atoms with Gasteiger partial charge in [-0.25, -0.2) is 13.2 Å². The lowest BCUT2D eigenvalue weighted by Crippen LogP contribution is -2.30. The molecule has 6 nitrogen and oxygen atoms in total. The number of carbonyl (C=O) groups is 1. The number of carbonyl (C=O) groups excluding carboxylic acids is 1. The molecule has 1 heterocycles. The molecule has 138 valence electrons. The van der Waals surface area contributed by atoms with Crippen molar-refractivity contribution in [1.82, 2.24) is 0 Å². The Morgan fingerprint density at radius 3 is 2.46 bits per heavy atom. The quantitative estimate of drug-likeness (QED) is 0.823. The molecule has 2 amide bonds. The van der Waals surface area contributed by atoms with Gasteiger partial charge in [0.25, 0.3) is 0 Å². The minimum absolute atomic E-state index is 0.0404. The minimum atomic E-state index is -3.32. The van der Waals surface area contributed by atoms with E-state index < -0.39 is 16.1 Å². The first-order valence-corrected chi connectivity index (χ1v) is 10.3. The third kappa shape index (κ3) is 3.78. The van der Waals surface area contributed by atoms with E-state index in [4.69, 9.17) is 11.6 Å². The van der Waals surface area contributed by atoms with Gasteiger partial charge in [0.2, 0.25) is 10.0 Å². The Morgan fingerprint density at radius 2 is 1.81 bits per heavy atom. The maximum atomic E-state index is 12.2. The normalized spacial score (nSPS) is 13.4. The van der Waals surface area contributed by atoms with E-state index in [9.17, 15) is 13.2 Å². The average molecular weight is 394 g/mol. The first-order chi connectivity index (χ1) is 12.3. The number of benzene rings is 2. The summed E-state index contributed by atoms with van der Waals surface area (Å²) in [6, 6.07) is 10.1. The second-order valence-corrected chi connectivity index (χ2v) is 8.70. The average Bonchev–Trinajstić information content (AvgIpc) is 3.02. The fourth-order valence-electron chi connectivity index (χ4n) is 2.84. The lowest BCUT2D eigenvalue weighted by molar-refractivity contribution is 0.262. The highest BCUT2D eigenvalue weighted by Gasteiger charge is 2.28. The van der Waals surface area contributed by atoms with E-state index in [0.29, 0.717) is 35.1 Å². The Balaban J connectivity index is 1.76. The van der Waals surface area contributed by atoms with E-state index in [2.05, 4.69) is 10.6 Å². The van der Waals surface area contributed by atoms with Gasteiger partial charge in [-0.1, -0.05) is 23.7 Å². The van der Waals surface area contributed by atoms with E-state index in [1.54, 1.807) is 31.2 Å². The third-order valence-corrected chi connectivity index (χ3v) is 6.51. The standard InChI is InChI=1S/C18H20ClN3O3S/c1-3-26(24,25)22-9-8-13-5-7-15(11-17(13)22)21-18(23)20-14-6-4-12(2)16(19)10-14/h4-7,10-11H,3,8-9H2,1-2H3,(H2,20,21,23). The predicted octanol–water partition coefficient (Wildman–Crippen LogP) is 4.00. The number of aryl methyl sites for hydroxylation is 1. The van der Waals surface area contributed by atoms with Gasteiger partial charge in [-0.15, -0.1) is 0 Å². The number of hydrogen-bond acceptors (Lipinski definition) is 3. The van der Waals surface area contributed by atoms with Crippen molar-refractivity contribution in [3.05, 3.63) is 52.5 Å². The van der Waals surface area contributed by atoms with E-state index in [1.807, 2.05) is 19.1 Å². The number of urea groups is 1. The van der Waals surface area contributed by atoms with Gasteiger partial charge in [0.05, 0.1) is 11.4 Å². The summed E-state index contributed by atoms with van der Waals surface area (Å²) < 4.78 is 25.8. The first-order valence-electron chi connectivity index (χ1n) is 8.27. The molecule has 0 saturated carbocycles. The summed E-state index contributed by atoms with van der Waals surface area (Å²) in [5.74, 6) is 0.0404. The van der Waals surface area contributed by atoms with Gasteiger partial charge < -0.3 is 10.6 Å². The molecule has 0 radical (unpaired) electrons. The lowest BCUT2D eigenvalue weighted by atomic mass is 10.1. The molecular formula is C18H20ClN3O3S. The number of hydrogen-bond donors (Lipinski definition) is 2. The number of sulfonamides is 1. The van der Waals surface area contributed by atoms with Gasteiger partial charge >= 0.3 is 6.03 Å². The van der Waals surface area contributed by atoms with Crippen molar-refractivity contribution in [2.24, 2.45) is 0 Å². The zero-order valence-electron chi connectivity index (χ0n) is 14.5. The van der Waals surface area contributed by atoms with Crippen LogP contribution in [0.3, 0.4) is 0 Å². The lowest BCUT2D eigenvalue weighted by Gasteiger charge is -2.19. The summed E-state index contributed by atoms with van der Waals surface area (Å²) in [5, 5.41) is 6.01. The molecule has 2 aromatic rings. The predicted molar refractivity (Wildman–Crippen MR) is 106 cm³/mol. The number of amides is 2. The maximum absolute atomic E-state index is 12.2. The van der Waals surface area contributed by atoms with Crippen molar-refractivity contribution >= 4 is 44.7 Å². The Hall–Kier alpha value is -2.25. The summed E-state index contributed by atoms with van der Waals surface area (Å²) >= 11 is 6.06. The van der Waals surface area contributed by atoms with Crippen LogP contribution in [-0.2, 0) is 16.4 Å². The van der Waals surface area contributed by atoms with Gasteiger partial charge in [-0.3, -0.25) is 4.31 Å². The van der Waals surface area contributed by atoms with E-state index in [0.717, 1.165) is 11.1 Å². The fraction of sp³-hybridized carbons (Fsp3) is 0.278. The smallest absolute Gasteiger partial charge is 0.308 e. The summed E-state index contributed by atoms with van der Waals surface area (Å²) in [6.07, 6.45) is 0.670. The van der Waals surface area contributed by atoms with Crippen molar-refractivity contribution in [2.75, 3.05) is 27.2 Å². The molecule has 0 fully saturated rings. The molecule has 0 aromatic heterocycles. The number of rotatable bonds is 4. The van der Waals surface area contributed by atoms with Gasteiger partial charge in [-0.2, -0.15) is 0 Å². The molecule has 0 aliphatic carbocycles. The van der Waals surface area contributed by atoms with Crippen LogP contribution in [0.2, 0.25) is 5.02 Å². The molecular weight excluding hydrogens is 374 g/mol. The number of nitrogens with one attached hydrogen (secondary N) is 2. The van der Waals surface area contributed by atoms with Crippen molar-refractivity contribution in [3.8, 4) is 0 Å². The molecule has 0 atom stereocenters. The number of halogens is 1. The molecule has 2 N–H and O–H groups in total. The molecule has 0 spiro atoms. The highest BCUT2D eigenvalue weighted by Crippen LogP contribution is 2.33. The van der Waals surface area contributed by atoms with Crippen molar-refractivity contribution < 1.29 is 13.2 Å². The van der Waals surface area contributed by atoms with Crippen LogP contribution in [0.4, 0.5) is 21.9 Å². The largest absolute Gasteiger partial charge is 0.323 e. The molecule has 0 unspecified atom stereocenters. The van der Waals surface area contributed by atoms with Gasteiger partial charge in [-0.05, 0) is 55.7 Å². The van der Waals surface area contributed by atoms with Crippen molar-refractivity contribution in [2.45, 2.75) is 20.3 Å².